The molecule has 1 aromatic heterocycles. The van der Waals surface area contributed by atoms with Gasteiger partial charge in [0.05, 0.1) is 24.1 Å². The minimum Gasteiger partial charge on any atom is -0.301 e. The van der Waals surface area contributed by atoms with Crippen molar-refractivity contribution >= 4 is 11.0 Å². The summed E-state index contributed by atoms with van der Waals surface area (Å²) in [5.41, 5.74) is 11.0. The topological polar surface area (TPSA) is 83.7 Å². The molecular formula is C16H13N5O. The van der Waals surface area contributed by atoms with Crippen molar-refractivity contribution in [2.75, 3.05) is 0 Å². The van der Waals surface area contributed by atoms with Gasteiger partial charge in [0.25, 0.3) is 5.56 Å². The second-order valence-corrected chi connectivity index (χ2v) is 4.81. The van der Waals surface area contributed by atoms with Crippen molar-refractivity contribution in [3.63, 3.8) is 0 Å². The van der Waals surface area contributed by atoms with Crippen molar-refractivity contribution in [2.45, 2.75) is 13.1 Å². The van der Waals surface area contributed by atoms with Crippen LogP contribution in [0.1, 0.15) is 11.3 Å². The van der Waals surface area contributed by atoms with Crippen LogP contribution in [0.15, 0.2) is 64.5 Å². The first-order valence-corrected chi connectivity index (χ1v) is 6.83. The number of azide groups is 1. The van der Waals surface area contributed by atoms with Crippen LogP contribution in [0.25, 0.3) is 21.5 Å². The Kier molecular flexibility index (Phi) is 3.85. The van der Waals surface area contributed by atoms with E-state index in [0.717, 1.165) is 11.1 Å². The summed E-state index contributed by atoms with van der Waals surface area (Å²) in [4.78, 5) is 19.6. The molecule has 22 heavy (non-hydrogen) atoms. The molecule has 0 saturated carbocycles. The van der Waals surface area contributed by atoms with E-state index in [9.17, 15) is 4.79 Å². The third-order valence-electron chi connectivity index (χ3n) is 3.39. The zero-order chi connectivity index (χ0) is 15.4. The number of rotatable bonds is 4. The standard InChI is InChI=1S/C16H13N5O/c17-20-18-10-14-16(22)21(11-12-6-2-1-3-7-12)15-9-5-4-8-13(15)19-14/h1-9H,10-11H2. The van der Waals surface area contributed by atoms with Gasteiger partial charge in [-0.3, -0.25) is 4.79 Å². The molecule has 0 bridgehead atoms. The van der Waals surface area contributed by atoms with Crippen molar-refractivity contribution in [3.8, 4) is 0 Å². The van der Waals surface area contributed by atoms with Crippen molar-refractivity contribution < 1.29 is 0 Å². The summed E-state index contributed by atoms with van der Waals surface area (Å²) in [5.74, 6) is 0. The Morgan fingerprint density at radius 1 is 1.09 bits per heavy atom. The lowest BCUT2D eigenvalue weighted by molar-refractivity contribution is 0.761. The maximum atomic E-state index is 12.6. The summed E-state index contributed by atoms with van der Waals surface area (Å²) in [5, 5.41) is 3.46. The molecule has 2 aromatic carbocycles. The molecule has 0 saturated heterocycles. The van der Waals surface area contributed by atoms with Crippen LogP contribution in [-0.4, -0.2) is 9.55 Å². The number of aromatic nitrogens is 2. The Balaban J connectivity index is 2.19. The van der Waals surface area contributed by atoms with E-state index in [4.69, 9.17) is 5.53 Å². The average molecular weight is 291 g/mol. The van der Waals surface area contributed by atoms with Crippen LogP contribution in [0, 0.1) is 0 Å². The number of hydrogen-bond donors (Lipinski definition) is 0. The van der Waals surface area contributed by atoms with Crippen LogP contribution in [0.4, 0.5) is 0 Å². The van der Waals surface area contributed by atoms with Gasteiger partial charge in [-0.2, -0.15) is 0 Å². The monoisotopic (exact) mass is 291 g/mol. The van der Waals surface area contributed by atoms with Gasteiger partial charge in [0.1, 0.15) is 5.69 Å². The van der Waals surface area contributed by atoms with Crippen LogP contribution in [0.5, 0.6) is 0 Å². The van der Waals surface area contributed by atoms with Crippen molar-refractivity contribution in [1.29, 1.82) is 0 Å². The summed E-state index contributed by atoms with van der Waals surface area (Å²) in [6, 6.07) is 17.2. The molecule has 1 heterocycles. The molecule has 0 spiro atoms. The zero-order valence-corrected chi connectivity index (χ0v) is 11.8. The number of para-hydroxylation sites is 2. The largest absolute Gasteiger partial charge is 0.301 e. The van der Waals surface area contributed by atoms with E-state index in [1.807, 2.05) is 54.6 Å². The second-order valence-electron chi connectivity index (χ2n) is 4.81. The van der Waals surface area contributed by atoms with Crippen molar-refractivity contribution in [2.24, 2.45) is 5.11 Å². The van der Waals surface area contributed by atoms with Gasteiger partial charge in [-0.15, -0.1) is 0 Å². The van der Waals surface area contributed by atoms with Gasteiger partial charge in [0, 0.05) is 4.91 Å². The van der Waals surface area contributed by atoms with Crippen molar-refractivity contribution in [1.82, 2.24) is 9.55 Å². The normalized spacial score (nSPS) is 10.4. The highest BCUT2D eigenvalue weighted by Gasteiger charge is 2.10. The summed E-state index contributed by atoms with van der Waals surface area (Å²) in [6.07, 6.45) is 0. The van der Waals surface area contributed by atoms with E-state index in [1.165, 1.54) is 0 Å². The Labute approximate surface area is 126 Å². The fraction of sp³-hybridized carbons (Fsp3) is 0.125. The lowest BCUT2D eigenvalue weighted by atomic mass is 10.2. The Bertz CT molecular complexity index is 911. The number of fused-ring (bicyclic) bond motifs is 1. The van der Waals surface area contributed by atoms with E-state index >= 15 is 0 Å². The van der Waals surface area contributed by atoms with Crippen LogP contribution in [0.3, 0.4) is 0 Å². The average Bonchev–Trinajstić information content (AvgIpc) is 2.57. The first-order chi connectivity index (χ1) is 10.8. The summed E-state index contributed by atoms with van der Waals surface area (Å²) in [6.45, 7) is 0.404. The number of benzene rings is 2. The van der Waals surface area contributed by atoms with Gasteiger partial charge < -0.3 is 4.57 Å². The zero-order valence-electron chi connectivity index (χ0n) is 11.8. The highest BCUT2D eigenvalue weighted by molar-refractivity contribution is 5.74. The summed E-state index contributed by atoms with van der Waals surface area (Å²) < 4.78 is 1.67. The lowest BCUT2D eigenvalue weighted by Gasteiger charge is -2.11. The van der Waals surface area contributed by atoms with Gasteiger partial charge >= 0.3 is 0 Å². The number of nitrogens with zero attached hydrogens (tertiary/aromatic N) is 5. The maximum Gasteiger partial charge on any atom is 0.273 e. The molecule has 0 aliphatic carbocycles. The van der Waals surface area contributed by atoms with Crippen LogP contribution < -0.4 is 5.56 Å². The van der Waals surface area contributed by atoms with E-state index < -0.39 is 0 Å². The third kappa shape index (κ3) is 2.68. The van der Waals surface area contributed by atoms with E-state index in [2.05, 4.69) is 15.0 Å². The minimum atomic E-state index is -0.227. The van der Waals surface area contributed by atoms with Gasteiger partial charge in [-0.1, -0.05) is 47.6 Å². The van der Waals surface area contributed by atoms with E-state index in [-0.39, 0.29) is 17.8 Å². The van der Waals surface area contributed by atoms with Gasteiger partial charge in [0.2, 0.25) is 0 Å². The van der Waals surface area contributed by atoms with Crippen molar-refractivity contribution in [3.05, 3.63) is 86.7 Å². The summed E-state index contributed by atoms with van der Waals surface area (Å²) >= 11 is 0. The molecule has 0 aliphatic heterocycles. The molecule has 3 rings (SSSR count). The molecule has 0 radical (unpaired) electrons. The first kappa shape index (κ1) is 13.9. The highest BCUT2D eigenvalue weighted by Crippen LogP contribution is 2.12. The molecule has 6 nitrogen and oxygen atoms in total. The Hall–Kier alpha value is -3.11. The molecule has 0 fully saturated rings. The predicted molar refractivity (Wildman–Crippen MR) is 84.4 cm³/mol. The van der Waals surface area contributed by atoms with Crippen LogP contribution in [-0.2, 0) is 13.1 Å². The van der Waals surface area contributed by atoms with Crippen LogP contribution in [0.2, 0.25) is 0 Å². The Morgan fingerprint density at radius 3 is 2.59 bits per heavy atom. The molecule has 108 valence electrons. The molecule has 3 aromatic rings. The fourth-order valence-electron chi connectivity index (χ4n) is 2.37. The third-order valence-corrected chi connectivity index (χ3v) is 3.39. The van der Waals surface area contributed by atoms with E-state index in [0.29, 0.717) is 12.1 Å². The molecule has 0 atom stereocenters. The minimum absolute atomic E-state index is 0.0467. The highest BCUT2D eigenvalue weighted by atomic mass is 16.1. The molecular weight excluding hydrogens is 278 g/mol. The molecule has 6 heteroatoms. The maximum absolute atomic E-state index is 12.6. The second kappa shape index (κ2) is 6.11. The van der Waals surface area contributed by atoms with Gasteiger partial charge in [-0.05, 0) is 23.2 Å². The smallest absolute Gasteiger partial charge is 0.273 e. The first-order valence-electron chi connectivity index (χ1n) is 6.83. The SMILES string of the molecule is [N-]=[N+]=NCc1nc2ccccc2n(Cc2ccccc2)c1=O. The van der Waals surface area contributed by atoms with E-state index in [1.54, 1.807) is 4.57 Å². The lowest BCUT2D eigenvalue weighted by Crippen LogP contribution is -2.26. The number of hydrogen-bond acceptors (Lipinski definition) is 3. The summed E-state index contributed by atoms with van der Waals surface area (Å²) in [7, 11) is 0. The molecule has 0 aliphatic rings. The fourth-order valence-corrected chi connectivity index (χ4v) is 2.37. The predicted octanol–water partition coefficient (Wildman–Crippen LogP) is 3.26. The molecule has 0 unspecified atom stereocenters. The van der Waals surface area contributed by atoms with Crippen LogP contribution >= 0.6 is 0 Å². The quantitative estimate of drug-likeness (QED) is 0.420. The van der Waals surface area contributed by atoms with Gasteiger partial charge in [-0.25, -0.2) is 4.98 Å². The molecule has 0 amide bonds. The molecule has 0 N–H and O–H groups in total. The van der Waals surface area contributed by atoms with Gasteiger partial charge in [0.15, 0.2) is 0 Å². The Morgan fingerprint density at radius 2 is 1.82 bits per heavy atom.